The number of sulfonamides is 1. The SMILES string of the molecule is CNC(=O)C1COCCN1S(=O)(=O)c1cnccc1Cl. The van der Waals surface area contributed by atoms with Crippen molar-refractivity contribution in [3.8, 4) is 0 Å². The van der Waals surface area contributed by atoms with Crippen LogP contribution in [0.2, 0.25) is 5.02 Å². The van der Waals surface area contributed by atoms with Gasteiger partial charge < -0.3 is 10.1 Å². The monoisotopic (exact) mass is 319 g/mol. The van der Waals surface area contributed by atoms with Crippen LogP contribution in [-0.4, -0.2) is 56.5 Å². The molecule has 1 saturated heterocycles. The molecule has 1 aromatic heterocycles. The lowest BCUT2D eigenvalue weighted by molar-refractivity contribution is -0.128. The van der Waals surface area contributed by atoms with Crippen LogP contribution in [-0.2, 0) is 19.6 Å². The van der Waals surface area contributed by atoms with Gasteiger partial charge in [0.25, 0.3) is 0 Å². The largest absolute Gasteiger partial charge is 0.378 e. The van der Waals surface area contributed by atoms with Crippen molar-refractivity contribution in [2.24, 2.45) is 0 Å². The number of rotatable bonds is 3. The van der Waals surface area contributed by atoms with Gasteiger partial charge in [0.15, 0.2) is 0 Å². The minimum absolute atomic E-state index is 0.0107. The fourth-order valence-corrected chi connectivity index (χ4v) is 3.89. The molecule has 1 aliphatic rings. The Bertz CT molecular complexity index is 607. The van der Waals surface area contributed by atoms with Crippen LogP contribution >= 0.6 is 11.6 Å². The first-order valence-electron chi connectivity index (χ1n) is 5.89. The van der Waals surface area contributed by atoms with E-state index in [1.54, 1.807) is 0 Å². The van der Waals surface area contributed by atoms with Crippen LogP contribution < -0.4 is 5.32 Å². The van der Waals surface area contributed by atoms with Gasteiger partial charge >= 0.3 is 0 Å². The van der Waals surface area contributed by atoms with Crippen LogP contribution in [0.1, 0.15) is 0 Å². The minimum atomic E-state index is -3.90. The fourth-order valence-electron chi connectivity index (χ4n) is 1.93. The van der Waals surface area contributed by atoms with Crippen molar-refractivity contribution in [3.05, 3.63) is 23.5 Å². The first kappa shape index (κ1) is 15.2. The lowest BCUT2D eigenvalue weighted by atomic mass is 10.2. The molecule has 0 aromatic carbocycles. The van der Waals surface area contributed by atoms with Gasteiger partial charge in [-0.1, -0.05) is 11.6 Å². The molecule has 0 radical (unpaired) electrons. The van der Waals surface area contributed by atoms with E-state index in [-0.39, 0.29) is 29.7 Å². The summed E-state index contributed by atoms with van der Waals surface area (Å²) >= 11 is 5.91. The molecule has 2 heterocycles. The Balaban J connectivity index is 2.41. The van der Waals surface area contributed by atoms with Crippen molar-refractivity contribution >= 4 is 27.5 Å². The Hall–Kier alpha value is -1.22. The Morgan fingerprint density at radius 1 is 1.60 bits per heavy atom. The molecule has 2 rings (SSSR count). The van der Waals surface area contributed by atoms with Gasteiger partial charge in [0.05, 0.1) is 18.2 Å². The number of ether oxygens (including phenoxy) is 1. The van der Waals surface area contributed by atoms with E-state index in [1.807, 2.05) is 0 Å². The Labute approximate surface area is 121 Å². The third kappa shape index (κ3) is 2.78. The zero-order chi connectivity index (χ0) is 14.8. The van der Waals surface area contributed by atoms with E-state index in [2.05, 4.69) is 10.3 Å². The second-order valence-corrected chi connectivity index (χ2v) is 6.39. The molecule has 1 amide bonds. The van der Waals surface area contributed by atoms with Crippen LogP contribution in [0.25, 0.3) is 0 Å². The molecule has 0 saturated carbocycles. The quantitative estimate of drug-likeness (QED) is 0.838. The summed E-state index contributed by atoms with van der Waals surface area (Å²) < 4.78 is 31.5. The van der Waals surface area contributed by atoms with Gasteiger partial charge in [-0.3, -0.25) is 9.78 Å². The number of amides is 1. The number of carbonyl (C=O) groups excluding carboxylic acids is 1. The second-order valence-electron chi connectivity index (χ2n) is 4.13. The molecular formula is C11H14ClN3O4S. The smallest absolute Gasteiger partial charge is 0.246 e. The average molecular weight is 320 g/mol. The van der Waals surface area contributed by atoms with E-state index < -0.39 is 22.0 Å². The number of hydrogen-bond acceptors (Lipinski definition) is 5. The van der Waals surface area contributed by atoms with Crippen LogP contribution in [0.4, 0.5) is 0 Å². The molecular weight excluding hydrogens is 306 g/mol. The number of likely N-dealkylation sites (N-methyl/N-ethyl adjacent to an activating group) is 1. The van der Waals surface area contributed by atoms with Gasteiger partial charge in [-0.05, 0) is 6.07 Å². The highest BCUT2D eigenvalue weighted by Crippen LogP contribution is 2.25. The number of carbonyl (C=O) groups is 1. The van der Waals surface area contributed by atoms with E-state index in [0.29, 0.717) is 0 Å². The van der Waals surface area contributed by atoms with Gasteiger partial charge in [-0.25, -0.2) is 8.42 Å². The minimum Gasteiger partial charge on any atom is -0.378 e. The molecule has 9 heteroatoms. The summed E-state index contributed by atoms with van der Waals surface area (Å²) in [5.41, 5.74) is 0. The summed E-state index contributed by atoms with van der Waals surface area (Å²) in [6.07, 6.45) is 2.57. The van der Waals surface area contributed by atoms with E-state index in [1.165, 1.54) is 25.5 Å². The highest BCUT2D eigenvalue weighted by molar-refractivity contribution is 7.89. The van der Waals surface area contributed by atoms with Crippen LogP contribution in [0.3, 0.4) is 0 Å². The van der Waals surface area contributed by atoms with E-state index in [0.717, 1.165) is 4.31 Å². The maximum absolute atomic E-state index is 12.6. The number of morpholine rings is 1. The Kier molecular flexibility index (Phi) is 4.59. The zero-order valence-corrected chi connectivity index (χ0v) is 12.3. The van der Waals surface area contributed by atoms with Gasteiger partial charge in [0, 0.05) is 26.0 Å². The van der Waals surface area contributed by atoms with Crippen molar-refractivity contribution in [3.63, 3.8) is 0 Å². The number of nitrogens with zero attached hydrogens (tertiary/aromatic N) is 2. The van der Waals surface area contributed by atoms with Gasteiger partial charge in [0.2, 0.25) is 15.9 Å². The molecule has 1 fully saturated rings. The standard InChI is InChI=1S/C11H14ClN3O4S/c1-13-11(16)9-7-19-5-4-15(9)20(17,18)10-6-14-3-2-8(10)12/h2-3,6,9H,4-5,7H2,1H3,(H,13,16). The van der Waals surface area contributed by atoms with Gasteiger partial charge in [-0.15, -0.1) is 0 Å². The summed E-state index contributed by atoms with van der Waals surface area (Å²) in [7, 11) is -2.46. The third-order valence-corrected chi connectivity index (χ3v) is 5.33. The predicted molar refractivity (Wildman–Crippen MR) is 71.8 cm³/mol. The molecule has 1 atom stereocenters. The summed E-state index contributed by atoms with van der Waals surface area (Å²) in [4.78, 5) is 15.5. The lowest BCUT2D eigenvalue weighted by Crippen LogP contribution is -2.55. The molecule has 1 aliphatic heterocycles. The second kappa shape index (κ2) is 6.04. The third-order valence-electron chi connectivity index (χ3n) is 2.95. The Morgan fingerprint density at radius 3 is 3.00 bits per heavy atom. The number of hydrogen-bond donors (Lipinski definition) is 1. The maximum Gasteiger partial charge on any atom is 0.246 e. The normalized spacial score (nSPS) is 20.6. The number of pyridine rings is 1. The Morgan fingerprint density at radius 2 is 2.35 bits per heavy atom. The molecule has 20 heavy (non-hydrogen) atoms. The first-order valence-corrected chi connectivity index (χ1v) is 7.71. The van der Waals surface area contributed by atoms with E-state index in [4.69, 9.17) is 16.3 Å². The van der Waals surface area contributed by atoms with Gasteiger partial charge in [0.1, 0.15) is 10.9 Å². The number of aromatic nitrogens is 1. The van der Waals surface area contributed by atoms with Crippen molar-refractivity contribution < 1.29 is 17.9 Å². The molecule has 1 N–H and O–H groups in total. The van der Waals surface area contributed by atoms with Crippen molar-refractivity contribution in [1.29, 1.82) is 0 Å². The van der Waals surface area contributed by atoms with Crippen LogP contribution in [0, 0.1) is 0 Å². The zero-order valence-electron chi connectivity index (χ0n) is 10.7. The van der Waals surface area contributed by atoms with E-state index in [9.17, 15) is 13.2 Å². The average Bonchev–Trinajstić information content (AvgIpc) is 2.46. The number of nitrogens with one attached hydrogen (secondary N) is 1. The molecule has 1 aromatic rings. The highest BCUT2D eigenvalue weighted by Gasteiger charge is 2.38. The molecule has 7 nitrogen and oxygen atoms in total. The fraction of sp³-hybridized carbons (Fsp3) is 0.455. The summed E-state index contributed by atoms with van der Waals surface area (Å²) in [6.45, 7) is 0.326. The van der Waals surface area contributed by atoms with Crippen molar-refractivity contribution in [1.82, 2.24) is 14.6 Å². The molecule has 0 spiro atoms. The molecule has 0 bridgehead atoms. The topological polar surface area (TPSA) is 88.6 Å². The molecule has 0 aliphatic carbocycles. The lowest BCUT2D eigenvalue weighted by Gasteiger charge is -2.33. The predicted octanol–water partition coefficient (Wildman–Crippen LogP) is -0.130. The number of halogens is 1. The highest BCUT2D eigenvalue weighted by atomic mass is 35.5. The molecule has 110 valence electrons. The van der Waals surface area contributed by atoms with Crippen molar-refractivity contribution in [2.75, 3.05) is 26.8 Å². The van der Waals surface area contributed by atoms with Crippen LogP contribution in [0.15, 0.2) is 23.4 Å². The maximum atomic E-state index is 12.6. The summed E-state index contributed by atoms with van der Waals surface area (Å²) in [5, 5.41) is 2.50. The molecule has 1 unspecified atom stereocenters. The summed E-state index contributed by atoms with van der Waals surface area (Å²) in [6, 6.07) is 0.485. The van der Waals surface area contributed by atoms with Crippen molar-refractivity contribution in [2.45, 2.75) is 10.9 Å². The van der Waals surface area contributed by atoms with E-state index >= 15 is 0 Å². The van der Waals surface area contributed by atoms with Gasteiger partial charge in [-0.2, -0.15) is 4.31 Å². The van der Waals surface area contributed by atoms with Crippen LogP contribution in [0.5, 0.6) is 0 Å². The first-order chi connectivity index (χ1) is 9.48. The summed E-state index contributed by atoms with van der Waals surface area (Å²) in [5.74, 6) is -0.423.